The Morgan fingerprint density at radius 1 is 1.08 bits per heavy atom. The first-order chi connectivity index (χ1) is 11.9. The molecule has 8 heteroatoms. The minimum absolute atomic E-state index is 0.0329. The van der Waals surface area contributed by atoms with Crippen LogP contribution in [0.25, 0.3) is 0 Å². The van der Waals surface area contributed by atoms with Gasteiger partial charge in [0.25, 0.3) is 5.91 Å². The van der Waals surface area contributed by atoms with Crippen LogP contribution in [-0.2, 0) is 4.79 Å². The number of piperidine rings is 1. The number of hydrazine groups is 1. The van der Waals surface area contributed by atoms with Crippen molar-refractivity contribution >= 4 is 17.8 Å². The lowest BCUT2D eigenvalue weighted by atomic mass is 10.0. The summed E-state index contributed by atoms with van der Waals surface area (Å²) >= 11 is 0. The zero-order valence-electron chi connectivity index (χ0n) is 14.3. The molecule has 4 amide bonds. The first kappa shape index (κ1) is 18.7. The Morgan fingerprint density at radius 3 is 2.24 bits per heavy atom. The molecule has 25 heavy (non-hydrogen) atoms. The highest BCUT2D eigenvalue weighted by Gasteiger charge is 2.25. The second-order valence-electron chi connectivity index (χ2n) is 6.31. The fourth-order valence-corrected chi connectivity index (χ4v) is 2.62. The second kappa shape index (κ2) is 8.46. The largest absolute Gasteiger partial charge is 0.342 e. The predicted octanol–water partition coefficient (Wildman–Crippen LogP) is 1.42. The van der Waals surface area contributed by atoms with Crippen molar-refractivity contribution in [3.63, 3.8) is 0 Å². The number of carbonyl (C=O) groups is 3. The third kappa shape index (κ3) is 5.44. The quantitative estimate of drug-likeness (QED) is 0.720. The molecule has 0 saturated carbocycles. The number of benzene rings is 1. The van der Waals surface area contributed by atoms with Gasteiger partial charge in [0.1, 0.15) is 5.82 Å². The molecule has 2 rings (SSSR count). The van der Waals surface area contributed by atoms with Crippen LogP contribution in [0.15, 0.2) is 24.3 Å². The molecule has 1 fully saturated rings. The number of likely N-dealkylation sites (tertiary alicyclic amines) is 1. The number of hydrogen-bond acceptors (Lipinski definition) is 3. The van der Waals surface area contributed by atoms with Crippen LogP contribution in [0.2, 0.25) is 0 Å². The number of nitrogens with zero attached hydrogens (tertiary/aromatic N) is 1. The molecule has 0 atom stereocenters. The van der Waals surface area contributed by atoms with Crippen LogP contribution in [0.4, 0.5) is 9.18 Å². The van der Waals surface area contributed by atoms with E-state index < -0.39 is 17.8 Å². The predicted molar refractivity (Wildman–Crippen MR) is 90.0 cm³/mol. The number of carbonyl (C=O) groups excluding carboxylic acids is 3. The van der Waals surface area contributed by atoms with E-state index in [1.807, 2.05) is 13.8 Å². The van der Waals surface area contributed by atoms with E-state index in [2.05, 4.69) is 16.2 Å². The van der Waals surface area contributed by atoms with E-state index in [0.717, 1.165) is 0 Å². The summed E-state index contributed by atoms with van der Waals surface area (Å²) in [7, 11) is 0. The smallest absolute Gasteiger partial charge is 0.333 e. The maximum atomic E-state index is 12.8. The van der Waals surface area contributed by atoms with Crippen molar-refractivity contribution in [2.75, 3.05) is 13.1 Å². The van der Waals surface area contributed by atoms with Gasteiger partial charge in [-0.2, -0.15) is 0 Å². The standard InChI is InChI=1S/C17H23FN4O3/c1-11(2)16(24)22-9-7-14(8-10-22)19-17(25)21-20-15(23)12-3-5-13(18)6-4-12/h3-6,11,14H,7-10H2,1-2H3,(H,20,23)(H2,19,21,25). The minimum Gasteiger partial charge on any atom is -0.342 e. The number of nitrogens with one attached hydrogen (secondary N) is 3. The summed E-state index contributed by atoms with van der Waals surface area (Å²) in [6.07, 6.45) is 1.33. The maximum absolute atomic E-state index is 12.8. The molecule has 0 radical (unpaired) electrons. The van der Waals surface area contributed by atoms with Gasteiger partial charge in [0.15, 0.2) is 0 Å². The van der Waals surface area contributed by atoms with Gasteiger partial charge in [0, 0.05) is 30.6 Å². The van der Waals surface area contributed by atoms with Crippen LogP contribution in [-0.4, -0.2) is 41.9 Å². The third-order valence-electron chi connectivity index (χ3n) is 4.03. The molecule has 0 aromatic heterocycles. The van der Waals surface area contributed by atoms with Crippen molar-refractivity contribution in [2.24, 2.45) is 5.92 Å². The monoisotopic (exact) mass is 350 g/mol. The summed E-state index contributed by atoms with van der Waals surface area (Å²) in [5.41, 5.74) is 4.77. The van der Waals surface area contributed by atoms with E-state index in [1.165, 1.54) is 24.3 Å². The Morgan fingerprint density at radius 2 is 1.68 bits per heavy atom. The molecule has 1 aliphatic heterocycles. The first-order valence-corrected chi connectivity index (χ1v) is 8.28. The lowest BCUT2D eigenvalue weighted by molar-refractivity contribution is -0.135. The first-order valence-electron chi connectivity index (χ1n) is 8.28. The Kier molecular flexibility index (Phi) is 6.32. The fourth-order valence-electron chi connectivity index (χ4n) is 2.62. The van der Waals surface area contributed by atoms with Crippen LogP contribution in [0.1, 0.15) is 37.0 Å². The summed E-state index contributed by atoms with van der Waals surface area (Å²) < 4.78 is 12.8. The summed E-state index contributed by atoms with van der Waals surface area (Å²) in [5.74, 6) is -0.888. The Hall–Kier alpha value is -2.64. The number of amides is 4. The van der Waals surface area contributed by atoms with Gasteiger partial charge in [-0.1, -0.05) is 13.8 Å². The molecule has 0 spiro atoms. The zero-order chi connectivity index (χ0) is 18.4. The number of halogens is 1. The molecule has 1 heterocycles. The van der Waals surface area contributed by atoms with Crippen molar-refractivity contribution < 1.29 is 18.8 Å². The van der Waals surface area contributed by atoms with Gasteiger partial charge in [-0.3, -0.25) is 15.0 Å². The highest BCUT2D eigenvalue weighted by atomic mass is 19.1. The fraction of sp³-hybridized carbons (Fsp3) is 0.471. The van der Waals surface area contributed by atoms with Crippen LogP contribution in [0, 0.1) is 11.7 Å². The van der Waals surface area contributed by atoms with Gasteiger partial charge in [-0.15, -0.1) is 0 Å². The maximum Gasteiger partial charge on any atom is 0.333 e. The summed E-state index contributed by atoms with van der Waals surface area (Å²) in [4.78, 5) is 37.4. The average molecular weight is 350 g/mol. The molecule has 3 N–H and O–H groups in total. The highest BCUT2D eigenvalue weighted by Crippen LogP contribution is 2.13. The van der Waals surface area contributed by atoms with E-state index in [1.54, 1.807) is 4.90 Å². The molecule has 1 aliphatic rings. The van der Waals surface area contributed by atoms with E-state index in [9.17, 15) is 18.8 Å². The van der Waals surface area contributed by atoms with Gasteiger partial charge < -0.3 is 10.2 Å². The van der Waals surface area contributed by atoms with Crippen molar-refractivity contribution in [1.29, 1.82) is 0 Å². The summed E-state index contributed by atoms with van der Waals surface area (Å²) in [6, 6.07) is 4.41. The highest BCUT2D eigenvalue weighted by molar-refractivity contribution is 5.95. The van der Waals surface area contributed by atoms with Crippen LogP contribution < -0.4 is 16.2 Å². The van der Waals surface area contributed by atoms with Gasteiger partial charge in [0.05, 0.1) is 0 Å². The number of urea groups is 1. The molecule has 1 saturated heterocycles. The van der Waals surface area contributed by atoms with Crippen LogP contribution >= 0.6 is 0 Å². The van der Waals surface area contributed by atoms with Crippen molar-refractivity contribution in [3.05, 3.63) is 35.6 Å². The molecule has 7 nitrogen and oxygen atoms in total. The van der Waals surface area contributed by atoms with Crippen LogP contribution in [0.5, 0.6) is 0 Å². The zero-order valence-corrected chi connectivity index (χ0v) is 14.3. The summed E-state index contributed by atoms with van der Waals surface area (Å²) in [6.45, 7) is 4.93. The van der Waals surface area contributed by atoms with E-state index in [0.29, 0.717) is 25.9 Å². The minimum atomic E-state index is -0.535. The molecule has 0 unspecified atom stereocenters. The molecule has 0 bridgehead atoms. The third-order valence-corrected chi connectivity index (χ3v) is 4.03. The molecule has 136 valence electrons. The van der Waals surface area contributed by atoms with Crippen LogP contribution in [0.3, 0.4) is 0 Å². The second-order valence-corrected chi connectivity index (χ2v) is 6.31. The van der Waals surface area contributed by atoms with Gasteiger partial charge in [-0.05, 0) is 37.1 Å². The van der Waals surface area contributed by atoms with Crippen molar-refractivity contribution in [2.45, 2.75) is 32.7 Å². The molecule has 1 aromatic rings. The average Bonchev–Trinajstić information content (AvgIpc) is 2.60. The SMILES string of the molecule is CC(C)C(=O)N1CCC(NC(=O)NNC(=O)c2ccc(F)cc2)CC1. The summed E-state index contributed by atoms with van der Waals surface area (Å²) in [5, 5.41) is 2.76. The van der Waals surface area contributed by atoms with Crippen molar-refractivity contribution in [1.82, 2.24) is 21.1 Å². The number of rotatable bonds is 3. The van der Waals surface area contributed by atoms with Crippen molar-refractivity contribution in [3.8, 4) is 0 Å². The Labute approximate surface area is 145 Å². The molecular formula is C17H23FN4O3. The molecule has 1 aromatic carbocycles. The number of hydrogen-bond donors (Lipinski definition) is 3. The Balaban J connectivity index is 1.71. The van der Waals surface area contributed by atoms with Gasteiger partial charge >= 0.3 is 6.03 Å². The molecule has 0 aliphatic carbocycles. The van der Waals surface area contributed by atoms with E-state index in [4.69, 9.17) is 0 Å². The van der Waals surface area contributed by atoms with Gasteiger partial charge in [-0.25, -0.2) is 14.6 Å². The topological polar surface area (TPSA) is 90.5 Å². The normalized spacial score (nSPS) is 15.0. The lowest BCUT2D eigenvalue weighted by Gasteiger charge is -2.33. The van der Waals surface area contributed by atoms with Gasteiger partial charge in [0.2, 0.25) is 5.91 Å². The Bertz CT molecular complexity index is 625. The molecular weight excluding hydrogens is 327 g/mol. The van der Waals surface area contributed by atoms with E-state index in [-0.39, 0.29) is 23.4 Å². The van der Waals surface area contributed by atoms with E-state index >= 15 is 0 Å². The lowest BCUT2D eigenvalue weighted by Crippen LogP contribution is -2.53.